The Morgan fingerprint density at radius 3 is 2.53 bits per heavy atom. The lowest BCUT2D eigenvalue weighted by Crippen LogP contribution is -2.21. The minimum Gasteiger partial charge on any atom is -0.452 e. The van der Waals surface area contributed by atoms with Crippen LogP contribution in [0.3, 0.4) is 0 Å². The molecular weight excluding hydrogens is 246 g/mol. The summed E-state index contributed by atoms with van der Waals surface area (Å²) in [6.07, 6.45) is 1.03. The van der Waals surface area contributed by atoms with Gasteiger partial charge in [0.15, 0.2) is 16.4 Å². The largest absolute Gasteiger partial charge is 0.452 e. The summed E-state index contributed by atoms with van der Waals surface area (Å²) in [5, 5.41) is 0. The van der Waals surface area contributed by atoms with Crippen LogP contribution in [0.15, 0.2) is 29.2 Å². The van der Waals surface area contributed by atoms with Crippen molar-refractivity contribution in [2.24, 2.45) is 5.73 Å². The highest BCUT2D eigenvalue weighted by Crippen LogP contribution is 2.12. The molecule has 0 atom stereocenters. The van der Waals surface area contributed by atoms with Gasteiger partial charge in [-0.05, 0) is 18.2 Å². The molecule has 1 aromatic rings. The maximum absolute atomic E-state index is 11.4. The summed E-state index contributed by atoms with van der Waals surface area (Å²) < 4.78 is 27.0. The Morgan fingerprint density at radius 1 is 1.35 bits per heavy atom. The third kappa shape index (κ3) is 3.87. The van der Waals surface area contributed by atoms with E-state index in [1.807, 2.05) is 0 Å². The Balaban J connectivity index is 2.93. The van der Waals surface area contributed by atoms with E-state index in [9.17, 15) is 18.0 Å². The molecule has 0 saturated heterocycles. The molecule has 1 amide bonds. The predicted octanol–water partition coefficient (Wildman–Crippen LogP) is -0.268. The highest BCUT2D eigenvalue weighted by atomic mass is 32.2. The number of ether oxygens (including phenoxy) is 1. The average Bonchev–Trinajstić information content (AvgIpc) is 2.25. The third-order valence-corrected chi connectivity index (χ3v) is 2.95. The predicted molar refractivity (Wildman–Crippen MR) is 59.0 cm³/mol. The standard InChI is InChI=1S/C10H11NO5S/c1-17(14,15)8-4-2-3-7(5-8)10(13)16-6-9(11)12/h2-5H,6H2,1H3,(H2,11,12). The fraction of sp³-hybridized carbons (Fsp3) is 0.200. The van der Waals surface area contributed by atoms with Gasteiger partial charge in [0.1, 0.15) is 0 Å². The van der Waals surface area contributed by atoms with Crippen molar-refractivity contribution in [3.63, 3.8) is 0 Å². The first kappa shape index (κ1) is 13.2. The van der Waals surface area contributed by atoms with E-state index < -0.39 is 28.3 Å². The highest BCUT2D eigenvalue weighted by molar-refractivity contribution is 7.90. The number of primary amides is 1. The van der Waals surface area contributed by atoms with Gasteiger partial charge in [-0.25, -0.2) is 13.2 Å². The molecule has 0 aromatic heterocycles. The van der Waals surface area contributed by atoms with E-state index in [0.717, 1.165) is 6.26 Å². The van der Waals surface area contributed by atoms with Crippen molar-refractivity contribution in [3.05, 3.63) is 29.8 Å². The van der Waals surface area contributed by atoms with Crippen LogP contribution < -0.4 is 5.73 Å². The summed E-state index contributed by atoms with van der Waals surface area (Å²) in [7, 11) is -3.39. The molecule has 0 heterocycles. The molecule has 0 aliphatic rings. The van der Waals surface area contributed by atoms with Crippen LogP contribution in [0.5, 0.6) is 0 Å². The van der Waals surface area contributed by atoms with Gasteiger partial charge in [0.05, 0.1) is 10.5 Å². The van der Waals surface area contributed by atoms with Gasteiger partial charge in [0, 0.05) is 6.26 Å². The van der Waals surface area contributed by atoms with Crippen LogP contribution in [-0.2, 0) is 19.4 Å². The van der Waals surface area contributed by atoms with Gasteiger partial charge in [-0.15, -0.1) is 0 Å². The number of sulfone groups is 1. The first-order valence-corrected chi connectivity index (χ1v) is 6.45. The summed E-state index contributed by atoms with van der Waals surface area (Å²) in [6.45, 7) is -0.540. The number of hydrogen-bond donors (Lipinski definition) is 1. The lowest BCUT2D eigenvalue weighted by atomic mass is 10.2. The zero-order valence-electron chi connectivity index (χ0n) is 9.04. The molecule has 6 nitrogen and oxygen atoms in total. The van der Waals surface area contributed by atoms with Crippen molar-refractivity contribution in [1.29, 1.82) is 0 Å². The number of carbonyl (C=O) groups is 2. The first-order chi connectivity index (χ1) is 7.80. The molecule has 2 N–H and O–H groups in total. The summed E-state index contributed by atoms with van der Waals surface area (Å²) in [4.78, 5) is 21.8. The fourth-order valence-electron chi connectivity index (χ4n) is 1.07. The molecule has 0 saturated carbocycles. The lowest BCUT2D eigenvalue weighted by molar-refractivity contribution is -0.121. The van der Waals surface area contributed by atoms with Gasteiger partial charge >= 0.3 is 5.97 Å². The van der Waals surface area contributed by atoms with Crippen LogP contribution in [0, 0.1) is 0 Å². The van der Waals surface area contributed by atoms with Gasteiger partial charge in [-0.1, -0.05) is 6.07 Å². The highest BCUT2D eigenvalue weighted by Gasteiger charge is 2.13. The zero-order valence-corrected chi connectivity index (χ0v) is 9.86. The van der Waals surface area contributed by atoms with E-state index in [4.69, 9.17) is 5.73 Å². The van der Waals surface area contributed by atoms with Crippen LogP contribution in [-0.4, -0.2) is 33.2 Å². The van der Waals surface area contributed by atoms with Crippen molar-refractivity contribution < 1.29 is 22.7 Å². The Kier molecular flexibility index (Phi) is 3.84. The third-order valence-electron chi connectivity index (χ3n) is 1.84. The number of amides is 1. The van der Waals surface area contributed by atoms with Crippen LogP contribution in [0.2, 0.25) is 0 Å². The van der Waals surface area contributed by atoms with E-state index in [2.05, 4.69) is 4.74 Å². The number of hydrogen-bond acceptors (Lipinski definition) is 5. The number of nitrogens with two attached hydrogens (primary N) is 1. The lowest BCUT2D eigenvalue weighted by Gasteiger charge is -2.04. The quantitative estimate of drug-likeness (QED) is 0.748. The molecule has 0 spiro atoms. The van der Waals surface area contributed by atoms with Gasteiger partial charge in [-0.2, -0.15) is 0 Å². The van der Waals surface area contributed by atoms with Gasteiger partial charge in [-0.3, -0.25) is 4.79 Å². The molecule has 0 fully saturated rings. The molecule has 0 bridgehead atoms. The van der Waals surface area contributed by atoms with Crippen molar-refractivity contribution in [1.82, 2.24) is 0 Å². The monoisotopic (exact) mass is 257 g/mol. The van der Waals surface area contributed by atoms with Crippen LogP contribution >= 0.6 is 0 Å². The summed E-state index contributed by atoms with van der Waals surface area (Å²) in [5.74, 6) is -1.58. The van der Waals surface area contributed by atoms with Crippen molar-refractivity contribution >= 4 is 21.7 Å². The molecule has 1 rings (SSSR count). The van der Waals surface area contributed by atoms with E-state index in [1.165, 1.54) is 24.3 Å². The van der Waals surface area contributed by atoms with Crippen molar-refractivity contribution in [2.45, 2.75) is 4.90 Å². The molecule has 0 aliphatic heterocycles. The van der Waals surface area contributed by atoms with Crippen molar-refractivity contribution in [2.75, 3.05) is 12.9 Å². The molecular formula is C10H11NO5S. The second kappa shape index (κ2) is 4.96. The minimum atomic E-state index is -3.39. The zero-order chi connectivity index (χ0) is 13.1. The fourth-order valence-corrected chi connectivity index (χ4v) is 1.74. The summed E-state index contributed by atoms with van der Waals surface area (Å²) >= 11 is 0. The van der Waals surface area contributed by atoms with E-state index in [-0.39, 0.29) is 10.5 Å². The molecule has 17 heavy (non-hydrogen) atoms. The smallest absolute Gasteiger partial charge is 0.338 e. The molecule has 7 heteroatoms. The Bertz CT molecular complexity index is 550. The maximum Gasteiger partial charge on any atom is 0.338 e. The number of benzene rings is 1. The van der Waals surface area contributed by atoms with Crippen molar-refractivity contribution in [3.8, 4) is 0 Å². The number of carbonyl (C=O) groups excluding carboxylic acids is 2. The molecule has 0 aliphatic carbocycles. The molecule has 0 unspecified atom stereocenters. The second-order valence-corrected chi connectivity index (χ2v) is 5.36. The average molecular weight is 257 g/mol. The van der Waals surface area contributed by atoms with Crippen LogP contribution in [0.25, 0.3) is 0 Å². The van der Waals surface area contributed by atoms with Gasteiger partial charge in [0.2, 0.25) is 0 Å². The van der Waals surface area contributed by atoms with E-state index >= 15 is 0 Å². The number of rotatable bonds is 4. The topological polar surface area (TPSA) is 104 Å². The minimum absolute atomic E-state index is 0.00558. The van der Waals surface area contributed by atoms with Gasteiger partial charge < -0.3 is 10.5 Å². The molecule has 0 radical (unpaired) electrons. The summed E-state index contributed by atoms with van der Waals surface area (Å²) in [5.41, 5.74) is 4.86. The summed E-state index contributed by atoms with van der Waals surface area (Å²) in [6, 6.07) is 5.34. The van der Waals surface area contributed by atoms with Gasteiger partial charge in [0.25, 0.3) is 5.91 Å². The Morgan fingerprint density at radius 2 is 2.00 bits per heavy atom. The maximum atomic E-state index is 11.4. The Labute approximate surface area is 98.3 Å². The Hall–Kier alpha value is -1.89. The first-order valence-electron chi connectivity index (χ1n) is 4.56. The van der Waals surface area contributed by atoms with E-state index in [0.29, 0.717) is 0 Å². The second-order valence-electron chi connectivity index (χ2n) is 3.34. The normalized spacial score (nSPS) is 10.9. The SMILES string of the molecule is CS(=O)(=O)c1cccc(C(=O)OCC(N)=O)c1. The van der Waals surface area contributed by atoms with Crippen LogP contribution in [0.4, 0.5) is 0 Å². The molecule has 1 aromatic carbocycles. The number of esters is 1. The molecule has 92 valence electrons. The van der Waals surface area contributed by atoms with Crippen LogP contribution in [0.1, 0.15) is 10.4 Å². The van der Waals surface area contributed by atoms with E-state index in [1.54, 1.807) is 0 Å².